The van der Waals surface area contributed by atoms with E-state index in [4.69, 9.17) is 15.0 Å². The van der Waals surface area contributed by atoms with E-state index in [0.717, 1.165) is 77.6 Å². The minimum Gasteiger partial charge on any atom is -0.309 e. The van der Waals surface area contributed by atoms with E-state index < -0.39 is 0 Å². The number of nitriles is 1. The van der Waals surface area contributed by atoms with E-state index in [-0.39, 0.29) is 0 Å². The number of nitrogens with zero attached hydrogens (tertiary/aromatic N) is 6. The summed E-state index contributed by atoms with van der Waals surface area (Å²) >= 11 is 0. The van der Waals surface area contributed by atoms with E-state index >= 15 is 0 Å². The van der Waals surface area contributed by atoms with Gasteiger partial charge in [-0.1, -0.05) is 158 Å². The van der Waals surface area contributed by atoms with E-state index in [9.17, 15) is 5.26 Å². The summed E-state index contributed by atoms with van der Waals surface area (Å²) in [7, 11) is 0. The summed E-state index contributed by atoms with van der Waals surface area (Å²) < 4.78 is 4.72. The summed E-state index contributed by atoms with van der Waals surface area (Å²) in [6, 6.07) is 67.8. The zero-order valence-electron chi connectivity index (χ0n) is 34.7. The number of hydrogen-bond donors (Lipinski definition) is 0. The molecule has 6 heteroatoms. The Labute approximate surface area is 370 Å². The van der Waals surface area contributed by atoms with Gasteiger partial charge in [0.2, 0.25) is 0 Å². The lowest BCUT2D eigenvalue weighted by Gasteiger charge is -2.21. The predicted octanol–water partition coefficient (Wildman–Crippen LogP) is 14.4. The van der Waals surface area contributed by atoms with Crippen molar-refractivity contribution in [3.63, 3.8) is 0 Å². The molecule has 64 heavy (non-hydrogen) atoms. The molecule has 0 atom stereocenters. The molecular formula is C58H38N6. The van der Waals surface area contributed by atoms with Crippen LogP contribution in [-0.4, -0.2) is 24.1 Å². The number of benzene rings is 8. The van der Waals surface area contributed by atoms with Gasteiger partial charge in [-0.2, -0.15) is 5.26 Å². The second-order valence-electron chi connectivity index (χ2n) is 15.6. The number of fused-ring (bicyclic) bond motifs is 6. The zero-order valence-corrected chi connectivity index (χ0v) is 34.7. The largest absolute Gasteiger partial charge is 0.309 e. The van der Waals surface area contributed by atoms with Crippen LogP contribution in [0.2, 0.25) is 0 Å². The van der Waals surface area contributed by atoms with Crippen LogP contribution in [-0.2, 0) is 0 Å². The SMILES string of the molecule is C=C/C=C\C=C\c1nc(-c2ccccc2)nc(-c2cc(-c3ccccc3)c(-n3c4ccc(C#N)cc4c4cc(-n5c6ccccc6c6ccccc65)ccc43)c(-c3ccccc3)c2)n1. The van der Waals surface area contributed by atoms with Crippen LogP contribution in [0.3, 0.4) is 0 Å². The monoisotopic (exact) mass is 818 g/mol. The average Bonchev–Trinajstić information content (AvgIpc) is 3.87. The Bertz CT molecular complexity index is 3570. The molecule has 0 spiro atoms. The normalized spacial score (nSPS) is 11.7. The summed E-state index contributed by atoms with van der Waals surface area (Å²) in [4.78, 5) is 15.1. The molecule has 0 fully saturated rings. The van der Waals surface area contributed by atoms with Crippen molar-refractivity contribution in [2.75, 3.05) is 0 Å². The second-order valence-corrected chi connectivity index (χ2v) is 15.6. The van der Waals surface area contributed by atoms with Crippen LogP contribution in [0, 0.1) is 11.3 Å². The number of para-hydroxylation sites is 2. The van der Waals surface area contributed by atoms with E-state index in [0.29, 0.717) is 23.0 Å². The van der Waals surface area contributed by atoms with Crippen LogP contribution in [0.1, 0.15) is 11.4 Å². The number of aromatic nitrogens is 5. The molecule has 6 nitrogen and oxygen atoms in total. The van der Waals surface area contributed by atoms with Crippen LogP contribution in [0.4, 0.5) is 0 Å². The highest BCUT2D eigenvalue weighted by atomic mass is 15.0. The molecule has 0 N–H and O–H groups in total. The van der Waals surface area contributed by atoms with Crippen molar-refractivity contribution in [2.24, 2.45) is 0 Å². The standard InChI is InChI=1S/C58H38N6/c1-2-3-4-14-29-55-60-57(42-23-12-7-13-24-42)62-58(61-55)43-35-47(40-19-8-5-9-20-40)56(48(36-43)41-21-10-6-11-22-41)64-53-32-30-39(38-59)34-49(53)50-37-44(31-33-54(50)64)63-51-27-17-15-25-45(51)46-26-16-18-28-52(46)63/h2-37H,1H2/b4-3-,29-14+. The Morgan fingerprint density at radius 2 is 0.953 bits per heavy atom. The molecule has 0 aliphatic heterocycles. The van der Waals surface area contributed by atoms with Crippen LogP contribution in [0.5, 0.6) is 0 Å². The minimum atomic E-state index is 0.541. The van der Waals surface area contributed by atoms with Crippen LogP contribution >= 0.6 is 0 Å². The molecular weight excluding hydrogens is 781 g/mol. The van der Waals surface area contributed by atoms with Gasteiger partial charge in [-0.15, -0.1) is 0 Å². The van der Waals surface area contributed by atoms with Gasteiger partial charge in [-0.3, -0.25) is 0 Å². The fourth-order valence-electron chi connectivity index (χ4n) is 8.94. The Balaban J connectivity index is 1.22. The summed E-state index contributed by atoms with van der Waals surface area (Å²) in [5, 5.41) is 14.7. The molecule has 0 amide bonds. The maximum atomic E-state index is 10.3. The Morgan fingerprint density at radius 3 is 1.55 bits per heavy atom. The van der Waals surface area contributed by atoms with Gasteiger partial charge in [-0.05, 0) is 77.9 Å². The van der Waals surface area contributed by atoms with Crippen LogP contribution in [0.25, 0.3) is 106 Å². The highest BCUT2D eigenvalue weighted by molar-refractivity contribution is 6.13. The molecule has 8 aromatic carbocycles. The molecule has 3 aromatic heterocycles. The first kappa shape index (κ1) is 38.0. The fraction of sp³-hybridized carbons (Fsp3) is 0. The van der Waals surface area contributed by atoms with E-state index in [1.54, 1.807) is 6.08 Å². The van der Waals surface area contributed by atoms with Crippen molar-refractivity contribution in [3.8, 4) is 62.5 Å². The van der Waals surface area contributed by atoms with Crippen LogP contribution < -0.4 is 0 Å². The van der Waals surface area contributed by atoms with Crippen molar-refractivity contribution in [1.29, 1.82) is 5.26 Å². The molecule has 0 saturated carbocycles. The highest BCUT2D eigenvalue weighted by Gasteiger charge is 2.24. The topological polar surface area (TPSA) is 72.3 Å². The molecule has 0 saturated heterocycles. The maximum absolute atomic E-state index is 10.3. The van der Waals surface area contributed by atoms with Gasteiger partial charge in [0.05, 0.1) is 39.4 Å². The van der Waals surface area contributed by atoms with Crippen molar-refractivity contribution >= 4 is 49.7 Å². The van der Waals surface area contributed by atoms with E-state index in [1.165, 1.54) is 10.8 Å². The van der Waals surface area contributed by atoms with Crippen molar-refractivity contribution < 1.29 is 0 Å². The molecule has 300 valence electrons. The molecule has 0 aliphatic carbocycles. The van der Waals surface area contributed by atoms with E-state index in [2.05, 4.69) is 155 Å². The number of rotatable bonds is 9. The lowest BCUT2D eigenvalue weighted by atomic mass is 9.92. The summed E-state index contributed by atoms with van der Waals surface area (Å²) in [5.74, 6) is 1.68. The first-order chi connectivity index (χ1) is 31.7. The van der Waals surface area contributed by atoms with Crippen molar-refractivity contribution in [3.05, 3.63) is 230 Å². The minimum absolute atomic E-state index is 0.541. The quantitative estimate of drug-likeness (QED) is 0.136. The lowest BCUT2D eigenvalue weighted by molar-refractivity contribution is 1.04. The number of hydrogen-bond acceptors (Lipinski definition) is 4. The molecule has 0 aliphatic rings. The Morgan fingerprint density at radius 1 is 0.438 bits per heavy atom. The average molecular weight is 819 g/mol. The van der Waals surface area contributed by atoms with Gasteiger partial charge in [0.15, 0.2) is 17.5 Å². The second kappa shape index (κ2) is 16.2. The number of allylic oxidation sites excluding steroid dienone is 4. The van der Waals surface area contributed by atoms with Gasteiger partial charge in [0, 0.05) is 49.5 Å². The van der Waals surface area contributed by atoms with Gasteiger partial charge in [0.1, 0.15) is 0 Å². The highest BCUT2D eigenvalue weighted by Crippen LogP contribution is 2.44. The Hall–Kier alpha value is -8.92. The Kier molecular flexibility index (Phi) is 9.61. The molecule has 0 radical (unpaired) electrons. The zero-order chi connectivity index (χ0) is 43.0. The smallest absolute Gasteiger partial charge is 0.164 e. The lowest BCUT2D eigenvalue weighted by Crippen LogP contribution is -2.04. The fourth-order valence-corrected chi connectivity index (χ4v) is 8.94. The molecule has 3 heterocycles. The third-order valence-corrected chi connectivity index (χ3v) is 11.8. The first-order valence-corrected chi connectivity index (χ1v) is 21.2. The van der Waals surface area contributed by atoms with Crippen LogP contribution in [0.15, 0.2) is 219 Å². The third-order valence-electron chi connectivity index (χ3n) is 11.8. The molecule has 11 aromatic rings. The summed E-state index contributed by atoms with van der Waals surface area (Å²) in [6.45, 7) is 3.80. The molecule has 11 rings (SSSR count). The van der Waals surface area contributed by atoms with Crippen molar-refractivity contribution in [1.82, 2.24) is 24.1 Å². The third kappa shape index (κ3) is 6.66. The van der Waals surface area contributed by atoms with Gasteiger partial charge >= 0.3 is 0 Å². The van der Waals surface area contributed by atoms with Gasteiger partial charge in [-0.25, -0.2) is 15.0 Å². The predicted molar refractivity (Wildman–Crippen MR) is 263 cm³/mol. The van der Waals surface area contributed by atoms with Gasteiger partial charge in [0.25, 0.3) is 0 Å². The van der Waals surface area contributed by atoms with Gasteiger partial charge < -0.3 is 9.13 Å². The van der Waals surface area contributed by atoms with Crippen molar-refractivity contribution in [2.45, 2.75) is 0 Å². The molecule has 0 bridgehead atoms. The first-order valence-electron chi connectivity index (χ1n) is 21.2. The molecule has 0 unspecified atom stereocenters. The summed E-state index contributed by atoms with van der Waals surface area (Å²) in [6.07, 6.45) is 9.32. The summed E-state index contributed by atoms with van der Waals surface area (Å²) in [5.41, 5.74) is 12.7. The van der Waals surface area contributed by atoms with E-state index in [1.807, 2.05) is 78.9 Å². The maximum Gasteiger partial charge on any atom is 0.164 e.